The lowest BCUT2D eigenvalue weighted by Gasteiger charge is -2.21. The third kappa shape index (κ3) is 5.45. The Morgan fingerprint density at radius 3 is 2.43 bits per heavy atom. The molecule has 4 aromatic heterocycles. The van der Waals surface area contributed by atoms with Gasteiger partial charge in [-0.05, 0) is 74.5 Å². The Morgan fingerprint density at radius 2 is 1.71 bits per heavy atom. The minimum atomic E-state index is -3.84. The largest absolute Gasteiger partial charge is 0.455 e. The van der Waals surface area contributed by atoms with E-state index in [4.69, 9.17) is 14.4 Å². The quantitative estimate of drug-likeness (QED) is 0.192. The van der Waals surface area contributed by atoms with Gasteiger partial charge in [-0.15, -0.1) is 0 Å². The van der Waals surface area contributed by atoms with E-state index in [2.05, 4.69) is 10.2 Å². The fourth-order valence-corrected chi connectivity index (χ4v) is 7.46. The molecular weight excluding hydrogens is 682 g/mol. The van der Waals surface area contributed by atoms with E-state index in [-0.39, 0.29) is 39.4 Å². The maximum atomic E-state index is 15.2. The number of fused-ring (bicyclic) bond motifs is 6. The highest BCUT2D eigenvalue weighted by Crippen LogP contribution is 2.42. The van der Waals surface area contributed by atoms with Gasteiger partial charge in [-0.1, -0.05) is 6.07 Å². The molecule has 0 radical (unpaired) electrons. The Morgan fingerprint density at radius 1 is 0.922 bits per heavy atom. The van der Waals surface area contributed by atoms with Crippen molar-refractivity contribution in [3.8, 4) is 22.6 Å². The predicted octanol–water partition coefficient (Wildman–Crippen LogP) is 6.88. The molecule has 1 saturated heterocycles. The smallest absolute Gasteiger partial charge is 0.255 e. The molecule has 0 unspecified atom stereocenters. The minimum absolute atomic E-state index is 0.0301. The zero-order valence-corrected chi connectivity index (χ0v) is 28.6. The van der Waals surface area contributed by atoms with Crippen LogP contribution in [0, 0.1) is 17.5 Å². The monoisotopic (exact) mass is 712 g/mol. The summed E-state index contributed by atoms with van der Waals surface area (Å²) in [6.07, 6.45) is 3.23. The molecule has 1 N–H and O–H groups in total. The number of likely N-dealkylation sites (tertiary alicyclic amines) is 1. The van der Waals surface area contributed by atoms with Gasteiger partial charge >= 0.3 is 0 Å². The number of pyridine rings is 1. The lowest BCUT2D eigenvalue weighted by atomic mass is 10.0. The van der Waals surface area contributed by atoms with E-state index >= 15 is 8.78 Å². The summed E-state index contributed by atoms with van der Waals surface area (Å²) in [7, 11) is -1.06. The molecule has 51 heavy (non-hydrogen) atoms. The second-order valence-corrected chi connectivity index (χ2v) is 14.7. The van der Waals surface area contributed by atoms with Crippen LogP contribution in [-0.4, -0.2) is 67.0 Å². The minimum Gasteiger partial charge on any atom is -0.455 e. The molecule has 7 aromatic rings. The van der Waals surface area contributed by atoms with Crippen molar-refractivity contribution in [2.75, 3.05) is 37.7 Å². The highest BCUT2D eigenvalue weighted by atomic mass is 32.2. The van der Waals surface area contributed by atoms with Crippen LogP contribution < -0.4 is 9.62 Å². The summed E-state index contributed by atoms with van der Waals surface area (Å²) in [5, 5.41) is 3.21. The van der Waals surface area contributed by atoms with E-state index in [1.807, 2.05) is 10.5 Å². The first-order valence-corrected chi connectivity index (χ1v) is 18.1. The first-order valence-electron chi connectivity index (χ1n) is 16.3. The van der Waals surface area contributed by atoms with E-state index in [0.717, 1.165) is 48.4 Å². The molecule has 1 amide bonds. The summed E-state index contributed by atoms with van der Waals surface area (Å²) < 4.78 is 79.0. The normalized spacial score (nSPS) is 14.0. The maximum Gasteiger partial charge on any atom is 0.255 e. The van der Waals surface area contributed by atoms with Gasteiger partial charge < -0.3 is 9.73 Å². The number of nitrogens with one attached hydrogen (secondary N) is 1. The average Bonchev–Trinajstić information content (AvgIpc) is 3.85. The van der Waals surface area contributed by atoms with E-state index in [9.17, 15) is 17.6 Å². The number of hydrogen-bond donors (Lipinski definition) is 1. The van der Waals surface area contributed by atoms with Crippen LogP contribution in [0.25, 0.3) is 61.0 Å². The molecule has 260 valence electrons. The number of aromatic nitrogens is 3. The summed E-state index contributed by atoms with van der Waals surface area (Å²) in [4.78, 5) is 25.7. The molecule has 14 heteroatoms. The van der Waals surface area contributed by atoms with Crippen LogP contribution >= 0.6 is 0 Å². The molecule has 8 rings (SSSR count). The number of hydrogen-bond acceptors (Lipinski definition) is 7. The second kappa shape index (κ2) is 12.1. The van der Waals surface area contributed by atoms with Crippen molar-refractivity contribution in [1.82, 2.24) is 24.6 Å². The van der Waals surface area contributed by atoms with E-state index in [1.54, 1.807) is 30.3 Å². The first-order chi connectivity index (χ1) is 24.4. The van der Waals surface area contributed by atoms with Gasteiger partial charge in [0.25, 0.3) is 5.91 Å². The molecule has 1 fully saturated rings. The highest BCUT2D eigenvalue weighted by molar-refractivity contribution is 7.92. The molecule has 1 aliphatic heterocycles. The van der Waals surface area contributed by atoms with E-state index in [1.165, 1.54) is 32.3 Å². The summed E-state index contributed by atoms with van der Waals surface area (Å²) in [6.45, 7) is 2.44. The molecule has 0 atom stereocenters. The van der Waals surface area contributed by atoms with Crippen LogP contribution in [0.5, 0.6) is 0 Å². The third-order valence-corrected chi connectivity index (χ3v) is 10.7. The summed E-state index contributed by atoms with van der Waals surface area (Å²) >= 11 is 0. The van der Waals surface area contributed by atoms with Crippen molar-refractivity contribution in [2.45, 2.75) is 19.4 Å². The molecule has 3 aromatic carbocycles. The SMILES string of the molecule is CNC(=O)c1c(-c2ccc(F)cc2F)oc2cc(N(C)S(C)(=O)=O)c(-c3ccc4nc(CN5CCCC5)n5c6cccc(F)c6cc5c4n3)cc12. The zero-order chi connectivity index (χ0) is 35.8. The number of rotatable bonds is 7. The number of nitrogens with zero attached hydrogens (tertiary/aromatic N) is 5. The van der Waals surface area contributed by atoms with Crippen LogP contribution in [0.4, 0.5) is 18.9 Å². The highest BCUT2D eigenvalue weighted by Gasteiger charge is 2.28. The Hall–Kier alpha value is -5.47. The van der Waals surface area contributed by atoms with Gasteiger partial charge in [0, 0.05) is 42.6 Å². The Bertz CT molecular complexity index is 2690. The van der Waals surface area contributed by atoms with Gasteiger partial charge in [0.1, 0.15) is 34.4 Å². The topological polar surface area (TPSA) is 113 Å². The van der Waals surface area contributed by atoms with Crippen molar-refractivity contribution >= 4 is 60.0 Å². The fraction of sp³-hybridized carbons (Fsp3) is 0.216. The predicted molar refractivity (Wildman–Crippen MR) is 190 cm³/mol. The van der Waals surface area contributed by atoms with E-state index < -0.39 is 27.6 Å². The van der Waals surface area contributed by atoms with Gasteiger partial charge in [0.05, 0.1) is 51.9 Å². The molecule has 0 bridgehead atoms. The zero-order valence-electron chi connectivity index (χ0n) is 27.8. The Balaban J connectivity index is 1.41. The fourth-order valence-electron chi connectivity index (χ4n) is 6.95. The molecule has 5 heterocycles. The van der Waals surface area contributed by atoms with Gasteiger partial charge in [-0.3, -0.25) is 18.4 Å². The standard InChI is InChI=1S/C37H31F3N6O4S/c1-41-37(47)34-24-16-23(30(44(2)51(3,48)49)18-32(24)50-36(34)21-10-9-20(38)15-26(21)40)27-11-12-28-35(43-27)31-17-22-25(39)7-6-8-29(22)46(31)33(42-28)19-45-13-4-5-14-45/h6-12,15-18H,4-5,13-14,19H2,1-3H3,(H,41,47). The number of amides is 1. The summed E-state index contributed by atoms with van der Waals surface area (Å²) in [5.41, 5.74) is 3.00. The van der Waals surface area contributed by atoms with Crippen molar-refractivity contribution in [1.29, 1.82) is 0 Å². The van der Waals surface area contributed by atoms with Gasteiger partial charge in [-0.2, -0.15) is 0 Å². The van der Waals surface area contributed by atoms with Crippen LogP contribution in [0.2, 0.25) is 0 Å². The van der Waals surface area contributed by atoms with Crippen molar-refractivity contribution in [3.63, 3.8) is 0 Å². The number of benzene rings is 3. The Labute approximate surface area is 290 Å². The lowest BCUT2D eigenvalue weighted by Crippen LogP contribution is -2.25. The molecule has 10 nitrogen and oxygen atoms in total. The number of carbonyl (C=O) groups is 1. The Kier molecular flexibility index (Phi) is 7.76. The van der Waals surface area contributed by atoms with Crippen LogP contribution in [0.1, 0.15) is 29.0 Å². The first kappa shape index (κ1) is 32.7. The van der Waals surface area contributed by atoms with Crippen LogP contribution in [0.15, 0.2) is 71.1 Å². The number of furan rings is 1. The van der Waals surface area contributed by atoms with Gasteiger partial charge in [-0.25, -0.2) is 31.6 Å². The molecule has 1 aliphatic rings. The molecule has 0 saturated carbocycles. The molecular formula is C37H31F3N6O4S. The average molecular weight is 713 g/mol. The van der Waals surface area contributed by atoms with Crippen molar-refractivity contribution in [2.24, 2.45) is 0 Å². The molecule has 0 spiro atoms. The molecule has 0 aliphatic carbocycles. The number of halogens is 3. The number of sulfonamides is 1. The van der Waals surface area contributed by atoms with Crippen molar-refractivity contribution in [3.05, 3.63) is 95.6 Å². The van der Waals surface area contributed by atoms with Gasteiger partial charge in [0.15, 0.2) is 5.76 Å². The van der Waals surface area contributed by atoms with E-state index in [0.29, 0.717) is 51.3 Å². The van der Waals surface area contributed by atoms with Gasteiger partial charge in [0.2, 0.25) is 10.0 Å². The number of anilines is 1. The van der Waals surface area contributed by atoms with Crippen LogP contribution in [0.3, 0.4) is 0 Å². The lowest BCUT2D eigenvalue weighted by molar-refractivity contribution is 0.0964. The third-order valence-electron chi connectivity index (χ3n) is 9.53. The van der Waals surface area contributed by atoms with Crippen LogP contribution in [-0.2, 0) is 16.6 Å². The number of carbonyl (C=O) groups excluding carboxylic acids is 1. The second-order valence-electron chi connectivity index (χ2n) is 12.7. The summed E-state index contributed by atoms with van der Waals surface area (Å²) in [6, 6.07) is 16.0. The van der Waals surface area contributed by atoms with Crippen molar-refractivity contribution < 1.29 is 30.8 Å². The maximum absolute atomic E-state index is 15.2. The summed E-state index contributed by atoms with van der Waals surface area (Å²) in [5.74, 6) is -2.15.